The van der Waals surface area contributed by atoms with Gasteiger partial charge in [-0.05, 0) is 13.8 Å². The molecule has 0 aromatic heterocycles. The van der Waals surface area contributed by atoms with Crippen LogP contribution in [0.2, 0.25) is 0 Å². The molecule has 0 aromatic carbocycles. The minimum absolute atomic E-state index is 0.0737. The lowest BCUT2D eigenvalue weighted by Gasteiger charge is -2.36. The molecule has 0 saturated carbocycles. The van der Waals surface area contributed by atoms with Gasteiger partial charge in [0.1, 0.15) is 12.3 Å². The standard InChI is InChI=1S/C8H15NO2.C2H6/c1-7(2)9-3-8(11-6-9)4-10-5-8;1-2/h7H,3-6H2,1-2H3;1-2H3. The maximum Gasteiger partial charge on any atom is 0.129 e. The Bertz CT molecular complexity index is 155. The van der Waals surface area contributed by atoms with Crippen molar-refractivity contribution in [2.75, 3.05) is 26.5 Å². The van der Waals surface area contributed by atoms with Crippen LogP contribution in [0.3, 0.4) is 0 Å². The molecule has 0 atom stereocenters. The molecule has 2 aliphatic heterocycles. The molecule has 3 heteroatoms. The Balaban J connectivity index is 0.000000396. The molecule has 0 unspecified atom stereocenters. The van der Waals surface area contributed by atoms with E-state index < -0.39 is 0 Å². The van der Waals surface area contributed by atoms with Crippen LogP contribution in [0.4, 0.5) is 0 Å². The highest BCUT2D eigenvalue weighted by Gasteiger charge is 2.46. The Morgan fingerprint density at radius 3 is 2.08 bits per heavy atom. The molecule has 13 heavy (non-hydrogen) atoms. The fourth-order valence-corrected chi connectivity index (χ4v) is 1.52. The molecule has 0 radical (unpaired) electrons. The molecular formula is C10H21NO2. The second-order valence-electron chi connectivity index (χ2n) is 3.79. The number of hydrogen-bond donors (Lipinski definition) is 0. The fraction of sp³-hybridized carbons (Fsp3) is 1.00. The van der Waals surface area contributed by atoms with Crippen molar-refractivity contribution in [3.05, 3.63) is 0 Å². The van der Waals surface area contributed by atoms with Gasteiger partial charge in [-0.2, -0.15) is 0 Å². The van der Waals surface area contributed by atoms with Gasteiger partial charge in [-0.25, -0.2) is 0 Å². The van der Waals surface area contributed by atoms with Crippen molar-refractivity contribution in [1.82, 2.24) is 4.90 Å². The van der Waals surface area contributed by atoms with Crippen LogP contribution >= 0.6 is 0 Å². The Morgan fingerprint density at radius 2 is 1.85 bits per heavy atom. The molecule has 0 bridgehead atoms. The normalized spacial score (nSPS) is 25.6. The highest BCUT2D eigenvalue weighted by atomic mass is 16.6. The van der Waals surface area contributed by atoms with Crippen molar-refractivity contribution in [2.45, 2.75) is 39.3 Å². The molecular weight excluding hydrogens is 166 g/mol. The molecule has 78 valence electrons. The van der Waals surface area contributed by atoms with E-state index in [9.17, 15) is 0 Å². The van der Waals surface area contributed by atoms with Gasteiger partial charge in [0, 0.05) is 12.6 Å². The molecule has 2 fully saturated rings. The zero-order valence-corrected chi connectivity index (χ0v) is 9.17. The largest absolute Gasteiger partial charge is 0.375 e. The van der Waals surface area contributed by atoms with Crippen molar-refractivity contribution >= 4 is 0 Å². The first-order valence-corrected chi connectivity index (χ1v) is 5.18. The van der Waals surface area contributed by atoms with Crippen molar-refractivity contribution in [3.8, 4) is 0 Å². The van der Waals surface area contributed by atoms with Crippen LogP contribution in [0.15, 0.2) is 0 Å². The van der Waals surface area contributed by atoms with Crippen LogP contribution in [0.5, 0.6) is 0 Å². The van der Waals surface area contributed by atoms with Crippen LogP contribution in [0, 0.1) is 0 Å². The van der Waals surface area contributed by atoms with Crippen LogP contribution in [0.1, 0.15) is 27.7 Å². The van der Waals surface area contributed by atoms with Crippen molar-refractivity contribution in [2.24, 2.45) is 0 Å². The number of ether oxygens (including phenoxy) is 2. The monoisotopic (exact) mass is 187 g/mol. The third kappa shape index (κ3) is 2.22. The van der Waals surface area contributed by atoms with E-state index >= 15 is 0 Å². The first kappa shape index (κ1) is 11.0. The van der Waals surface area contributed by atoms with Crippen LogP contribution in [-0.4, -0.2) is 43.0 Å². The third-order valence-corrected chi connectivity index (χ3v) is 2.49. The molecule has 0 aromatic rings. The zero-order chi connectivity index (χ0) is 9.90. The molecule has 2 aliphatic rings. The average molecular weight is 187 g/mol. The van der Waals surface area contributed by atoms with Crippen molar-refractivity contribution < 1.29 is 9.47 Å². The zero-order valence-electron chi connectivity index (χ0n) is 9.17. The van der Waals surface area contributed by atoms with E-state index in [4.69, 9.17) is 9.47 Å². The molecule has 2 heterocycles. The Morgan fingerprint density at radius 1 is 1.23 bits per heavy atom. The van der Waals surface area contributed by atoms with Crippen LogP contribution < -0.4 is 0 Å². The second kappa shape index (κ2) is 4.40. The van der Waals surface area contributed by atoms with Gasteiger partial charge in [0.2, 0.25) is 0 Å². The van der Waals surface area contributed by atoms with Gasteiger partial charge < -0.3 is 9.47 Å². The van der Waals surface area contributed by atoms with E-state index in [1.807, 2.05) is 13.8 Å². The summed E-state index contributed by atoms with van der Waals surface area (Å²) in [5.41, 5.74) is 0.0737. The minimum Gasteiger partial charge on any atom is -0.375 e. The van der Waals surface area contributed by atoms with Crippen molar-refractivity contribution in [1.29, 1.82) is 0 Å². The maximum atomic E-state index is 5.65. The van der Waals surface area contributed by atoms with E-state index in [0.29, 0.717) is 6.04 Å². The smallest absolute Gasteiger partial charge is 0.129 e. The number of hydrogen-bond acceptors (Lipinski definition) is 3. The summed E-state index contributed by atoms with van der Waals surface area (Å²) in [5.74, 6) is 0. The van der Waals surface area contributed by atoms with E-state index in [1.165, 1.54) is 0 Å². The lowest BCUT2D eigenvalue weighted by Crippen LogP contribution is -2.53. The molecule has 1 spiro atoms. The maximum absolute atomic E-state index is 5.65. The molecule has 2 rings (SSSR count). The van der Waals surface area contributed by atoms with Crippen LogP contribution in [0.25, 0.3) is 0 Å². The number of rotatable bonds is 1. The quantitative estimate of drug-likeness (QED) is 0.620. The summed E-state index contributed by atoms with van der Waals surface area (Å²) in [6.45, 7) is 11.8. The molecule has 0 aliphatic carbocycles. The average Bonchev–Trinajstić information content (AvgIpc) is 2.51. The summed E-state index contributed by atoms with van der Waals surface area (Å²) in [7, 11) is 0. The topological polar surface area (TPSA) is 21.7 Å². The lowest BCUT2D eigenvalue weighted by molar-refractivity contribution is -0.177. The van der Waals surface area contributed by atoms with Crippen LogP contribution in [-0.2, 0) is 9.47 Å². The fourth-order valence-electron chi connectivity index (χ4n) is 1.52. The van der Waals surface area contributed by atoms with Crippen molar-refractivity contribution in [3.63, 3.8) is 0 Å². The second-order valence-corrected chi connectivity index (χ2v) is 3.79. The van der Waals surface area contributed by atoms with Gasteiger partial charge in [0.25, 0.3) is 0 Å². The van der Waals surface area contributed by atoms with Gasteiger partial charge in [-0.15, -0.1) is 0 Å². The van der Waals surface area contributed by atoms with E-state index in [0.717, 1.165) is 26.5 Å². The molecule has 3 nitrogen and oxygen atoms in total. The van der Waals surface area contributed by atoms with Gasteiger partial charge in [-0.3, -0.25) is 4.90 Å². The molecule has 0 N–H and O–H groups in total. The highest BCUT2D eigenvalue weighted by molar-refractivity contribution is 4.94. The molecule has 0 amide bonds. The predicted molar refractivity (Wildman–Crippen MR) is 52.7 cm³/mol. The third-order valence-electron chi connectivity index (χ3n) is 2.49. The summed E-state index contributed by atoms with van der Waals surface area (Å²) >= 11 is 0. The van der Waals surface area contributed by atoms with Gasteiger partial charge in [-0.1, -0.05) is 13.8 Å². The summed E-state index contributed by atoms with van der Waals surface area (Å²) < 4.78 is 10.8. The highest BCUT2D eigenvalue weighted by Crippen LogP contribution is 2.29. The lowest BCUT2D eigenvalue weighted by atomic mass is 10.0. The minimum atomic E-state index is 0.0737. The summed E-state index contributed by atoms with van der Waals surface area (Å²) in [6.07, 6.45) is 0. The molecule has 2 saturated heterocycles. The SMILES string of the molecule is CC.CC(C)N1COC2(COC2)C1. The van der Waals surface area contributed by atoms with Gasteiger partial charge in [0.15, 0.2) is 0 Å². The predicted octanol–water partition coefficient (Wildman–Crippen LogP) is 1.48. The van der Waals surface area contributed by atoms with E-state index in [2.05, 4.69) is 18.7 Å². The van der Waals surface area contributed by atoms with Gasteiger partial charge in [0.05, 0.1) is 13.2 Å². The van der Waals surface area contributed by atoms with Gasteiger partial charge >= 0.3 is 0 Å². The van der Waals surface area contributed by atoms with E-state index in [-0.39, 0.29) is 5.60 Å². The Hall–Kier alpha value is -0.120. The summed E-state index contributed by atoms with van der Waals surface area (Å²) in [5, 5.41) is 0. The first-order chi connectivity index (χ1) is 6.22. The summed E-state index contributed by atoms with van der Waals surface area (Å²) in [6, 6.07) is 0.593. The Kier molecular flexibility index (Phi) is 3.71. The summed E-state index contributed by atoms with van der Waals surface area (Å²) in [4.78, 5) is 2.34. The van der Waals surface area contributed by atoms with E-state index in [1.54, 1.807) is 0 Å². The first-order valence-electron chi connectivity index (χ1n) is 5.18. The number of nitrogens with zero attached hydrogens (tertiary/aromatic N) is 1. The Labute approximate surface area is 81.0 Å².